The first-order chi connectivity index (χ1) is 51.0. The first kappa shape index (κ1) is 74.7. The van der Waals surface area contributed by atoms with Gasteiger partial charge in [-0.05, 0) is 120 Å². The number of amides is 3. The topological polar surface area (TPSA) is 444 Å². The number of pyridine rings is 3. The monoisotopic (exact) mass is 1450 g/mol. The van der Waals surface area contributed by atoms with Gasteiger partial charge in [0.1, 0.15) is 46.0 Å². The van der Waals surface area contributed by atoms with Gasteiger partial charge in [0, 0.05) is 81.5 Å². The lowest BCUT2D eigenvalue weighted by molar-refractivity contribution is -0.123. The van der Waals surface area contributed by atoms with Crippen LogP contribution in [0.5, 0.6) is 0 Å². The Morgan fingerprint density at radius 1 is 0.495 bits per heavy atom. The van der Waals surface area contributed by atoms with Crippen molar-refractivity contribution in [3.8, 4) is 68.1 Å². The highest BCUT2D eigenvalue weighted by atomic mass is 19.1. The summed E-state index contributed by atoms with van der Waals surface area (Å²) in [5.41, 5.74) is 5.63. The summed E-state index contributed by atoms with van der Waals surface area (Å²) in [5.74, 6) is -0.880. The van der Waals surface area contributed by atoms with E-state index in [4.69, 9.17) is 57.2 Å². The van der Waals surface area contributed by atoms with Crippen molar-refractivity contribution in [2.45, 2.75) is 95.7 Å². The Morgan fingerprint density at radius 2 is 0.819 bits per heavy atom. The molecule has 36 heteroatoms. The fourth-order valence-electron chi connectivity index (χ4n) is 11.1. The number of nitrogens with one attached hydrogen (secondary N) is 6. The Kier molecular flexibility index (Phi) is 25.7. The van der Waals surface area contributed by atoms with E-state index in [1.165, 1.54) is 42.7 Å². The molecule has 9 N–H and O–H groups in total. The van der Waals surface area contributed by atoms with Gasteiger partial charge < -0.3 is 58.7 Å². The van der Waals surface area contributed by atoms with Crippen molar-refractivity contribution in [1.29, 1.82) is 0 Å². The molecule has 12 heterocycles. The zero-order valence-electron chi connectivity index (χ0n) is 56.2. The zero-order valence-corrected chi connectivity index (χ0v) is 56.2. The van der Waals surface area contributed by atoms with Gasteiger partial charge in [-0.15, -0.1) is 0 Å². The molecule has 0 saturated heterocycles. The molecule has 3 saturated carbocycles. The van der Waals surface area contributed by atoms with Crippen molar-refractivity contribution in [1.82, 2.24) is 74.9 Å². The van der Waals surface area contributed by atoms with E-state index in [0.717, 1.165) is 55.2 Å². The van der Waals surface area contributed by atoms with E-state index in [2.05, 4.69) is 76.8 Å². The number of hydrogen-bond donors (Lipinski definition) is 9. The van der Waals surface area contributed by atoms with Crippen LogP contribution in [0.1, 0.15) is 109 Å². The number of halogens is 3. The van der Waals surface area contributed by atoms with E-state index in [9.17, 15) is 27.6 Å². The number of carbonyl (C=O) groups excluding carboxylic acids is 3. The van der Waals surface area contributed by atoms with Crippen LogP contribution in [0, 0.1) is 17.6 Å². The lowest BCUT2D eigenvalue weighted by atomic mass is 9.89. The largest absolute Gasteiger partial charge is 0.483 e. The maximum atomic E-state index is 13.8. The minimum absolute atomic E-state index is 0.132. The molecular formula is C69H69F3N18O15. The van der Waals surface area contributed by atoms with Gasteiger partial charge in [0.15, 0.2) is 17.3 Å². The van der Waals surface area contributed by atoms with E-state index >= 15 is 0 Å². The highest BCUT2D eigenvalue weighted by Crippen LogP contribution is 2.41. The second-order valence-electron chi connectivity index (χ2n) is 22.9. The summed E-state index contributed by atoms with van der Waals surface area (Å²) < 4.78 is 80.6. The minimum Gasteiger partial charge on any atom is -0.483 e. The molecule has 33 nitrogen and oxygen atoms in total. The van der Waals surface area contributed by atoms with Crippen molar-refractivity contribution < 1.29 is 84.7 Å². The van der Waals surface area contributed by atoms with Crippen molar-refractivity contribution in [2.75, 3.05) is 35.8 Å². The number of rotatable bonds is 21. The normalized spacial score (nSPS) is 16.6. The third-order valence-electron chi connectivity index (χ3n) is 16.2. The molecule has 0 unspecified atom stereocenters. The first-order valence-electron chi connectivity index (χ1n) is 32.5. The number of aromatic nitrogens is 15. The van der Waals surface area contributed by atoms with Crippen molar-refractivity contribution in [3.05, 3.63) is 182 Å². The highest BCUT2D eigenvalue weighted by molar-refractivity contribution is 6.06. The maximum absolute atomic E-state index is 13.8. The van der Waals surface area contributed by atoms with Gasteiger partial charge in [-0.2, -0.15) is 35.0 Å². The van der Waals surface area contributed by atoms with Gasteiger partial charge in [-0.1, -0.05) is 6.07 Å². The summed E-state index contributed by atoms with van der Waals surface area (Å²) in [4.78, 5) is 76.1. The fourth-order valence-corrected chi connectivity index (χ4v) is 11.1. The number of furan rings is 3. The Hall–Kier alpha value is -13.0. The van der Waals surface area contributed by atoms with E-state index in [-0.39, 0.29) is 73.1 Å². The Labute approximate surface area is 593 Å². The van der Waals surface area contributed by atoms with Crippen LogP contribution < -0.4 is 16.0 Å². The third-order valence-corrected chi connectivity index (χ3v) is 16.2. The lowest BCUT2D eigenvalue weighted by Crippen LogP contribution is -2.33. The van der Waals surface area contributed by atoms with Gasteiger partial charge in [-0.3, -0.25) is 68.1 Å². The fraction of sp³-hybridized carbons (Fsp3) is 0.261. The predicted octanol–water partition coefficient (Wildman–Crippen LogP) is 11.3. The average Bonchev–Trinajstić information content (AvgIpc) is 1.66. The van der Waals surface area contributed by atoms with Gasteiger partial charge in [0.05, 0.1) is 106 Å². The van der Waals surface area contributed by atoms with Crippen molar-refractivity contribution >= 4 is 54.2 Å². The van der Waals surface area contributed by atoms with Crippen LogP contribution in [0.2, 0.25) is 0 Å². The van der Waals surface area contributed by atoms with Crippen LogP contribution in [0.25, 0.3) is 68.1 Å². The number of aromatic amines is 3. The quantitative estimate of drug-likeness (QED) is 0.0238. The van der Waals surface area contributed by atoms with E-state index in [0.29, 0.717) is 88.3 Å². The second kappa shape index (κ2) is 36.1. The van der Waals surface area contributed by atoms with Crippen LogP contribution in [-0.2, 0) is 28.6 Å². The number of carboxylic acid groups (broad SMARTS) is 3. The summed E-state index contributed by atoms with van der Waals surface area (Å²) in [6, 6.07) is 19.8. The molecule has 0 aromatic carbocycles. The highest BCUT2D eigenvalue weighted by Gasteiger charge is 2.36. The first-order valence-corrected chi connectivity index (χ1v) is 32.5. The molecule has 3 aliphatic rings. The molecule has 0 bridgehead atoms. The number of ether oxygens (including phenoxy) is 3. The molecule has 105 heavy (non-hydrogen) atoms. The number of H-pyrrole nitrogens is 3. The smallest absolute Gasteiger partial charge is 0.291 e. The molecule has 0 radical (unpaired) electrons. The summed E-state index contributed by atoms with van der Waals surface area (Å²) in [7, 11) is 0. The third kappa shape index (κ3) is 19.2. The SMILES string of the molecule is CCOC1CC(n2cc(NC(=O)c3ccc(-c4cn[nH]c4)o3)c(-c3cc(F)ccn3)n2)C1.CCOC1CC(n2cc(NC(=O)c3ccc(-c4cn[nH]c4)o3)c(-c3cc(F)ccn3)n2)C1.CCOC1CC(n2cc(NC(=O)c3ccc(-c4cn[nH]c4)o3)c(-c3cccc(F)n3)n2)C1.O=CO.O=CO.O=CO. The van der Waals surface area contributed by atoms with Crippen LogP contribution in [0.4, 0.5) is 30.2 Å². The van der Waals surface area contributed by atoms with E-state index < -0.39 is 35.3 Å². The van der Waals surface area contributed by atoms with Gasteiger partial charge in [0.2, 0.25) is 5.95 Å². The van der Waals surface area contributed by atoms with Crippen LogP contribution >= 0.6 is 0 Å². The predicted molar refractivity (Wildman–Crippen MR) is 366 cm³/mol. The zero-order chi connectivity index (χ0) is 74.4. The van der Waals surface area contributed by atoms with Crippen LogP contribution in [0.3, 0.4) is 0 Å². The minimum atomic E-state index is -0.620. The van der Waals surface area contributed by atoms with Crippen molar-refractivity contribution in [3.63, 3.8) is 0 Å². The second-order valence-corrected chi connectivity index (χ2v) is 22.9. The average molecular weight is 1450 g/mol. The Balaban J connectivity index is 0.000000159. The number of carbonyl (C=O) groups is 6. The standard InChI is InChI=1S/3C22H21FN6O3.3CH2O2/c2*1-2-31-16-8-15(9-16)29-12-18(21(28-29)17-7-14(23)5-6-24-17)27-22(30)20-4-3-19(32-20)13-10-25-26-11-13;1-2-31-15-8-14(9-15)29-12-17(21(28-29)16-4-3-5-20(23)26-16)27-22(30)19-7-6-18(32-19)13-10-24-25-11-13;3*2-1-3/h2*3-7,10-12,15-16H,2,8-9H2,1H3,(H,25,26)(H,27,30);3-7,10-12,14-15H,2,8-9H2,1H3,(H,24,25)(H,27,30);3*1H,(H,2,3). The van der Waals surface area contributed by atoms with Gasteiger partial charge in [0.25, 0.3) is 37.1 Å². The van der Waals surface area contributed by atoms with Gasteiger partial charge in [-0.25, -0.2) is 13.8 Å². The number of hydrogen-bond acceptors (Lipinski definition) is 21. The summed E-state index contributed by atoms with van der Waals surface area (Å²) in [5, 5.41) is 62.7. The molecule has 12 aromatic rings. The van der Waals surface area contributed by atoms with Crippen molar-refractivity contribution in [2.24, 2.45) is 0 Å². The molecule has 0 spiro atoms. The Morgan fingerprint density at radius 3 is 1.10 bits per heavy atom. The Bertz CT molecular complexity index is 4310. The molecule has 546 valence electrons. The molecule has 0 aliphatic heterocycles. The van der Waals surface area contributed by atoms with E-state index in [1.807, 2.05) is 20.8 Å². The number of nitrogens with zero attached hydrogens (tertiary/aromatic N) is 12. The molecule has 3 fully saturated rings. The van der Waals surface area contributed by atoms with Gasteiger partial charge >= 0.3 is 0 Å². The molecule has 3 amide bonds. The summed E-state index contributed by atoms with van der Waals surface area (Å²) in [6.45, 7) is 7.15. The maximum Gasteiger partial charge on any atom is 0.291 e. The van der Waals surface area contributed by atoms with E-state index in [1.54, 1.807) is 118 Å². The van der Waals surface area contributed by atoms with Crippen LogP contribution in [-0.4, -0.2) is 165 Å². The molecule has 12 aromatic heterocycles. The molecule has 0 atom stereocenters. The number of anilines is 3. The van der Waals surface area contributed by atoms with Crippen LogP contribution in [0.15, 0.2) is 160 Å². The molecule has 15 rings (SSSR count). The summed E-state index contributed by atoms with van der Waals surface area (Å²) >= 11 is 0. The molecule has 3 aliphatic carbocycles. The summed E-state index contributed by atoms with van der Waals surface area (Å²) in [6.07, 6.45) is 23.3. The molecular weight excluding hydrogens is 1380 g/mol. The lowest BCUT2D eigenvalue weighted by Gasteiger charge is -2.34.